The van der Waals surface area contributed by atoms with E-state index in [9.17, 15) is 4.79 Å². The van der Waals surface area contributed by atoms with Gasteiger partial charge in [-0.05, 0) is 12.8 Å². The van der Waals surface area contributed by atoms with Gasteiger partial charge in [-0.25, -0.2) is 4.79 Å². The molecular weight excluding hydrogens is 154 g/mol. The number of nitrogens with one attached hydrogen (secondary N) is 1. The van der Waals surface area contributed by atoms with Crippen molar-refractivity contribution in [2.45, 2.75) is 39.5 Å². The monoisotopic (exact) mass is 175 g/mol. The Hall–Kier alpha value is -0.730. The summed E-state index contributed by atoms with van der Waals surface area (Å²) in [5.74, 6) is 0. The molecule has 1 amide bonds. The smallest absolute Gasteiger partial charge is 0.407 e. The molecule has 0 heterocycles. The normalized spacial score (nSPS) is 9.50. The molecule has 0 rings (SSSR count). The highest BCUT2D eigenvalue weighted by Gasteiger charge is 1.98. The van der Waals surface area contributed by atoms with Gasteiger partial charge in [0.25, 0.3) is 0 Å². The Bertz CT molecular complexity index is 108. The molecule has 0 aliphatic rings. The average molecular weight is 175 g/mol. The summed E-state index contributed by atoms with van der Waals surface area (Å²) in [6.45, 7) is 5.42. The first-order valence-electron chi connectivity index (χ1n) is 4.71. The summed E-state index contributed by atoms with van der Waals surface area (Å²) in [5.41, 5.74) is 0. The maximum atomic E-state index is 10.9. The maximum Gasteiger partial charge on any atom is 0.407 e. The molecular formula is C9H21NO2. The summed E-state index contributed by atoms with van der Waals surface area (Å²) >= 11 is 0. The highest BCUT2D eigenvalue weighted by Crippen LogP contribution is 1.89. The second-order valence-electron chi connectivity index (χ2n) is 2.77. The third-order valence-electron chi connectivity index (χ3n) is 1.53. The predicted molar refractivity (Wildman–Crippen MR) is 51.3 cm³/mol. The van der Waals surface area contributed by atoms with Crippen molar-refractivity contribution in [3.63, 3.8) is 0 Å². The van der Waals surface area contributed by atoms with Gasteiger partial charge < -0.3 is 10.1 Å². The minimum atomic E-state index is -0.281. The molecule has 0 spiro atoms. The first kappa shape index (κ1) is 11.3. The van der Waals surface area contributed by atoms with Gasteiger partial charge >= 0.3 is 6.09 Å². The summed E-state index contributed by atoms with van der Waals surface area (Å²) < 4.78 is 4.88. The number of hydrogen-bond donors (Lipinski definition) is 1. The number of ether oxygens (including phenoxy) is 1. The Balaban J connectivity index is 0. The Labute approximate surface area is 76.0 Å². The molecule has 0 radical (unpaired) electrons. The Morgan fingerprint density at radius 3 is 2.58 bits per heavy atom. The molecule has 0 fully saturated rings. The summed E-state index contributed by atoms with van der Waals surface area (Å²) in [7, 11) is 0. The maximum absolute atomic E-state index is 10.9. The standard InChI is InChI=1S/C9H19NO2.H2/c1-3-5-7-10-9(11)12-8-6-4-2;/h3-8H2,1-2H3,(H,10,11);1H. The molecule has 0 aliphatic carbocycles. The first-order valence-corrected chi connectivity index (χ1v) is 4.71. The van der Waals surface area contributed by atoms with Crippen molar-refractivity contribution in [1.29, 1.82) is 0 Å². The topological polar surface area (TPSA) is 38.3 Å². The van der Waals surface area contributed by atoms with Crippen LogP contribution in [0, 0.1) is 0 Å². The van der Waals surface area contributed by atoms with Crippen molar-refractivity contribution >= 4 is 6.09 Å². The van der Waals surface area contributed by atoms with Gasteiger partial charge in [-0.15, -0.1) is 0 Å². The lowest BCUT2D eigenvalue weighted by molar-refractivity contribution is 0.144. The second-order valence-corrected chi connectivity index (χ2v) is 2.77. The Kier molecular flexibility index (Phi) is 7.86. The molecule has 3 heteroatoms. The number of alkyl carbamates (subject to hydrolysis) is 1. The molecule has 0 unspecified atom stereocenters. The third-order valence-corrected chi connectivity index (χ3v) is 1.53. The van der Waals surface area contributed by atoms with E-state index in [1.165, 1.54) is 0 Å². The van der Waals surface area contributed by atoms with Gasteiger partial charge in [-0.1, -0.05) is 26.7 Å². The van der Waals surface area contributed by atoms with Crippen LogP contribution < -0.4 is 5.32 Å². The number of amides is 1. The minimum Gasteiger partial charge on any atom is -0.450 e. The highest BCUT2D eigenvalue weighted by atomic mass is 16.5. The Morgan fingerprint density at radius 2 is 2.00 bits per heavy atom. The van der Waals surface area contributed by atoms with E-state index < -0.39 is 0 Å². The SMILES string of the molecule is CCCCNC(=O)OCCCC.[HH]. The van der Waals surface area contributed by atoms with Gasteiger partial charge in [0.1, 0.15) is 0 Å². The van der Waals surface area contributed by atoms with Crippen LogP contribution in [-0.2, 0) is 4.74 Å². The van der Waals surface area contributed by atoms with Crippen LogP contribution in [0.2, 0.25) is 0 Å². The van der Waals surface area contributed by atoms with E-state index in [-0.39, 0.29) is 7.52 Å². The van der Waals surface area contributed by atoms with E-state index in [2.05, 4.69) is 19.2 Å². The lowest BCUT2D eigenvalue weighted by Crippen LogP contribution is -2.25. The van der Waals surface area contributed by atoms with Crippen LogP contribution in [0.5, 0.6) is 0 Å². The third kappa shape index (κ3) is 7.38. The fourth-order valence-corrected chi connectivity index (χ4v) is 0.727. The molecule has 0 atom stereocenters. The number of carbonyl (C=O) groups excluding carboxylic acids is 1. The second kappa shape index (κ2) is 8.37. The van der Waals surface area contributed by atoms with Gasteiger partial charge in [-0.2, -0.15) is 0 Å². The van der Waals surface area contributed by atoms with Gasteiger partial charge in [-0.3, -0.25) is 0 Å². The zero-order chi connectivity index (χ0) is 9.23. The van der Waals surface area contributed by atoms with Gasteiger partial charge in [0.2, 0.25) is 0 Å². The molecule has 0 saturated carbocycles. The number of hydrogen-bond acceptors (Lipinski definition) is 2. The molecule has 3 nitrogen and oxygen atoms in total. The summed E-state index contributed by atoms with van der Waals surface area (Å²) in [5, 5.41) is 2.68. The number of carbonyl (C=O) groups is 1. The van der Waals surface area contributed by atoms with E-state index in [0.29, 0.717) is 6.61 Å². The summed E-state index contributed by atoms with van der Waals surface area (Å²) in [6.07, 6.45) is 3.83. The zero-order valence-corrected chi connectivity index (χ0v) is 8.06. The predicted octanol–water partition coefficient (Wildman–Crippen LogP) is 2.56. The van der Waals surface area contributed by atoms with Crippen LogP contribution in [0.4, 0.5) is 4.79 Å². The minimum absolute atomic E-state index is 0. The zero-order valence-electron chi connectivity index (χ0n) is 8.06. The van der Waals surface area contributed by atoms with E-state index >= 15 is 0 Å². The van der Waals surface area contributed by atoms with Crippen molar-refractivity contribution in [3.8, 4) is 0 Å². The van der Waals surface area contributed by atoms with Crippen molar-refractivity contribution in [2.24, 2.45) is 0 Å². The van der Waals surface area contributed by atoms with Gasteiger partial charge in [0, 0.05) is 7.97 Å². The molecule has 12 heavy (non-hydrogen) atoms. The molecule has 0 aromatic rings. The molecule has 1 N–H and O–H groups in total. The lowest BCUT2D eigenvalue weighted by Gasteiger charge is -2.04. The average Bonchev–Trinajstić information content (AvgIpc) is 2.06. The van der Waals surface area contributed by atoms with Gasteiger partial charge in [0.05, 0.1) is 6.61 Å². The van der Waals surface area contributed by atoms with Crippen LogP contribution in [0.25, 0.3) is 0 Å². The molecule has 0 saturated heterocycles. The lowest BCUT2D eigenvalue weighted by atomic mass is 10.3. The number of unbranched alkanes of at least 4 members (excludes halogenated alkanes) is 2. The fourth-order valence-electron chi connectivity index (χ4n) is 0.727. The van der Waals surface area contributed by atoms with Crippen LogP contribution in [0.1, 0.15) is 41.0 Å². The quantitative estimate of drug-likeness (QED) is 0.630. The fraction of sp³-hybridized carbons (Fsp3) is 0.889. The van der Waals surface area contributed by atoms with Crippen LogP contribution in [-0.4, -0.2) is 19.2 Å². The van der Waals surface area contributed by atoms with E-state index in [4.69, 9.17) is 4.74 Å². The van der Waals surface area contributed by atoms with Crippen LogP contribution in [0.15, 0.2) is 0 Å². The van der Waals surface area contributed by atoms with Crippen molar-refractivity contribution in [2.75, 3.05) is 13.2 Å². The molecule has 0 aromatic heterocycles. The van der Waals surface area contributed by atoms with E-state index in [0.717, 1.165) is 32.2 Å². The molecule has 0 bridgehead atoms. The van der Waals surface area contributed by atoms with E-state index in [1.807, 2.05) is 0 Å². The number of rotatable bonds is 6. The molecule has 0 aromatic carbocycles. The largest absolute Gasteiger partial charge is 0.450 e. The van der Waals surface area contributed by atoms with Gasteiger partial charge in [0.15, 0.2) is 0 Å². The van der Waals surface area contributed by atoms with Crippen LogP contribution in [0.3, 0.4) is 0 Å². The Morgan fingerprint density at radius 1 is 1.33 bits per heavy atom. The highest BCUT2D eigenvalue weighted by molar-refractivity contribution is 5.66. The van der Waals surface area contributed by atoms with Crippen molar-refractivity contribution in [3.05, 3.63) is 0 Å². The molecule has 74 valence electrons. The van der Waals surface area contributed by atoms with Crippen molar-refractivity contribution in [1.82, 2.24) is 5.32 Å². The van der Waals surface area contributed by atoms with Crippen molar-refractivity contribution < 1.29 is 11.0 Å². The first-order chi connectivity index (χ1) is 5.81. The van der Waals surface area contributed by atoms with Crippen LogP contribution >= 0.6 is 0 Å². The molecule has 0 aliphatic heterocycles. The van der Waals surface area contributed by atoms with E-state index in [1.54, 1.807) is 0 Å². The summed E-state index contributed by atoms with van der Waals surface area (Å²) in [6, 6.07) is 0. The summed E-state index contributed by atoms with van der Waals surface area (Å²) in [4.78, 5) is 10.9.